The Labute approximate surface area is 102 Å². The van der Waals surface area contributed by atoms with Crippen molar-refractivity contribution >= 4 is 5.97 Å². The minimum Gasteiger partial charge on any atom is -0.464 e. The molecule has 0 heterocycles. The number of carbonyl (C=O) groups excluding carboxylic acids is 1. The quantitative estimate of drug-likeness (QED) is 0.772. The topological polar surface area (TPSA) is 46.5 Å². The van der Waals surface area contributed by atoms with Crippen LogP contribution in [0.3, 0.4) is 0 Å². The molecule has 0 aliphatic heterocycles. The summed E-state index contributed by atoms with van der Waals surface area (Å²) in [6.45, 7) is 4.04. The molecule has 0 saturated heterocycles. The van der Waals surface area contributed by atoms with Crippen LogP contribution < -0.4 is 0 Å². The predicted molar refractivity (Wildman–Crippen MR) is 66.5 cm³/mol. The Kier molecular flexibility index (Phi) is 5.16. The average molecular weight is 236 g/mol. The van der Waals surface area contributed by atoms with Gasteiger partial charge in [-0.1, -0.05) is 43.7 Å². The number of ether oxygens (including phenoxy) is 1. The highest BCUT2D eigenvalue weighted by Gasteiger charge is 2.38. The Morgan fingerprint density at radius 3 is 2.47 bits per heavy atom. The molecule has 0 bridgehead atoms. The highest BCUT2D eigenvalue weighted by Crippen LogP contribution is 2.28. The van der Waals surface area contributed by atoms with E-state index in [2.05, 4.69) is 0 Å². The monoisotopic (exact) mass is 236 g/mol. The average Bonchev–Trinajstić information content (AvgIpc) is 2.37. The lowest BCUT2D eigenvalue weighted by Gasteiger charge is -2.26. The molecule has 1 rings (SSSR count). The first kappa shape index (κ1) is 13.7. The van der Waals surface area contributed by atoms with Crippen LogP contribution in [0.25, 0.3) is 0 Å². The smallest absolute Gasteiger partial charge is 0.342 e. The third-order valence-corrected chi connectivity index (χ3v) is 2.76. The summed E-state index contributed by atoms with van der Waals surface area (Å²) in [6.07, 6.45) is 2.10. The standard InChI is InChI=1S/C14H20O3/c1-3-5-11-14(16,13(15)17-4-2)12-9-7-6-8-10-12/h6-10,16H,3-5,11H2,1-2H3. The molecule has 0 saturated carbocycles. The van der Waals surface area contributed by atoms with E-state index in [9.17, 15) is 9.90 Å². The zero-order valence-electron chi connectivity index (χ0n) is 10.5. The van der Waals surface area contributed by atoms with Gasteiger partial charge in [-0.2, -0.15) is 0 Å². The van der Waals surface area contributed by atoms with Gasteiger partial charge in [0.1, 0.15) is 0 Å². The number of hydrogen-bond donors (Lipinski definition) is 1. The molecule has 1 atom stereocenters. The summed E-state index contributed by atoms with van der Waals surface area (Å²) in [5.74, 6) is -0.556. The van der Waals surface area contributed by atoms with Crippen LogP contribution in [-0.4, -0.2) is 17.7 Å². The van der Waals surface area contributed by atoms with Gasteiger partial charge in [0.25, 0.3) is 0 Å². The molecular weight excluding hydrogens is 216 g/mol. The molecule has 0 aromatic heterocycles. The molecule has 1 unspecified atom stereocenters. The van der Waals surface area contributed by atoms with Crippen LogP contribution in [0.4, 0.5) is 0 Å². The number of benzene rings is 1. The maximum atomic E-state index is 11.9. The molecule has 1 aromatic rings. The van der Waals surface area contributed by atoms with Crippen molar-refractivity contribution in [3.05, 3.63) is 35.9 Å². The van der Waals surface area contributed by atoms with Crippen LogP contribution in [0.5, 0.6) is 0 Å². The molecule has 0 aliphatic carbocycles. The Hall–Kier alpha value is -1.35. The molecule has 3 nitrogen and oxygen atoms in total. The van der Waals surface area contributed by atoms with Crippen LogP contribution in [-0.2, 0) is 15.1 Å². The van der Waals surface area contributed by atoms with E-state index in [-0.39, 0.29) is 6.61 Å². The zero-order chi connectivity index (χ0) is 12.7. The molecule has 1 aromatic carbocycles. The number of rotatable bonds is 6. The molecule has 1 N–H and O–H groups in total. The van der Waals surface area contributed by atoms with E-state index < -0.39 is 11.6 Å². The van der Waals surface area contributed by atoms with Crippen LogP contribution in [0.15, 0.2) is 30.3 Å². The van der Waals surface area contributed by atoms with E-state index in [0.29, 0.717) is 12.0 Å². The van der Waals surface area contributed by atoms with E-state index >= 15 is 0 Å². The summed E-state index contributed by atoms with van der Waals surface area (Å²) in [5, 5.41) is 10.5. The lowest BCUT2D eigenvalue weighted by molar-refractivity contribution is -0.167. The van der Waals surface area contributed by atoms with Crippen molar-refractivity contribution in [1.29, 1.82) is 0 Å². The first-order valence-electron chi connectivity index (χ1n) is 6.10. The number of hydrogen-bond acceptors (Lipinski definition) is 3. The Balaban J connectivity index is 2.97. The maximum absolute atomic E-state index is 11.9. The van der Waals surface area contributed by atoms with E-state index in [4.69, 9.17) is 4.74 Å². The third-order valence-electron chi connectivity index (χ3n) is 2.76. The summed E-state index contributed by atoms with van der Waals surface area (Å²) in [4.78, 5) is 11.9. The molecule has 3 heteroatoms. The van der Waals surface area contributed by atoms with Crippen LogP contribution in [0, 0.1) is 0 Å². The fraction of sp³-hybridized carbons (Fsp3) is 0.500. The number of unbranched alkanes of at least 4 members (excludes halogenated alkanes) is 1. The van der Waals surface area contributed by atoms with Gasteiger partial charge in [0.15, 0.2) is 5.60 Å². The van der Waals surface area contributed by atoms with Crippen molar-refractivity contribution in [2.24, 2.45) is 0 Å². The predicted octanol–water partition coefficient (Wildman–Crippen LogP) is 2.63. The fourth-order valence-electron chi connectivity index (χ4n) is 1.76. The molecule has 0 spiro atoms. The summed E-state index contributed by atoms with van der Waals surface area (Å²) in [5.41, 5.74) is -0.903. The summed E-state index contributed by atoms with van der Waals surface area (Å²) < 4.78 is 4.97. The van der Waals surface area contributed by atoms with Crippen molar-refractivity contribution in [1.82, 2.24) is 0 Å². The second-order valence-electron chi connectivity index (χ2n) is 4.05. The normalized spacial score (nSPS) is 14.1. The summed E-state index contributed by atoms with van der Waals surface area (Å²) in [6, 6.07) is 8.99. The lowest BCUT2D eigenvalue weighted by atomic mass is 9.88. The molecule has 0 aliphatic rings. The van der Waals surface area contributed by atoms with Crippen LogP contribution in [0.1, 0.15) is 38.7 Å². The maximum Gasteiger partial charge on any atom is 0.342 e. The summed E-state index contributed by atoms with van der Waals surface area (Å²) >= 11 is 0. The van der Waals surface area contributed by atoms with Gasteiger partial charge in [0.05, 0.1) is 6.61 Å². The molecule has 94 valence electrons. The van der Waals surface area contributed by atoms with Crippen molar-refractivity contribution in [2.75, 3.05) is 6.61 Å². The van der Waals surface area contributed by atoms with Gasteiger partial charge >= 0.3 is 5.97 Å². The zero-order valence-corrected chi connectivity index (χ0v) is 10.5. The number of esters is 1. The van der Waals surface area contributed by atoms with Gasteiger partial charge in [-0.3, -0.25) is 0 Å². The second kappa shape index (κ2) is 6.40. The van der Waals surface area contributed by atoms with Crippen LogP contribution >= 0.6 is 0 Å². The van der Waals surface area contributed by atoms with Gasteiger partial charge in [0, 0.05) is 0 Å². The minimum atomic E-state index is -1.51. The van der Waals surface area contributed by atoms with Gasteiger partial charge in [-0.05, 0) is 25.3 Å². The molecule has 0 radical (unpaired) electrons. The number of carbonyl (C=O) groups is 1. The largest absolute Gasteiger partial charge is 0.464 e. The van der Waals surface area contributed by atoms with E-state index in [0.717, 1.165) is 12.8 Å². The first-order valence-corrected chi connectivity index (χ1v) is 6.10. The Morgan fingerprint density at radius 2 is 1.94 bits per heavy atom. The van der Waals surface area contributed by atoms with Crippen LogP contribution in [0.2, 0.25) is 0 Å². The second-order valence-corrected chi connectivity index (χ2v) is 4.05. The van der Waals surface area contributed by atoms with Crippen molar-refractivity contribution in [3.63, 3.8) is 0 Å². The summed E-state index contributed by atoms with van der Waals surface area (Å²) in [7, 11) is 0. The molecular formula is C14H20O3. The van der Waals surface area contributed by atoms with Gasteiger partial charge in [-0.25, -0.2) is 4.79 Å². The molecule has 0 amide bonds. The number of aliphatic hydroxyl groups is 1. The van der Waals surface area contributed by atoms with E-state index in [1.54, 1.807) is 19.1 Å². The Bertz CT molecular complexity index is 348. The third kappa shape index (κ3) is 3.30. The van der Waals surface area contributed by atoms with E-state index in [1.165, 1.54) is 0 Å². The van der Waals surface area contributed by atoms with Gasteiger partial charge < -0.3 is 9.84 Å². The SMILES string of the molecule is CCCCC(O)(C(=O)OCC)c1ccccc1. The lowest BCUT2D eigenvalue weighted by Crippen LogP contribution is -2.37. The molecule has 0 fully saturated rings. The highest BCUT2D eigenvalue weighted by atomic mass is 16.5. The van der Waals surface area contributed by atoms with Crippen molar-refractivity contribution in [2.45, 2.75) is 38.7 Å². The minimum absolute atomic E-state index is 0.278. The van der Waals surface area contributed by atoms with Gasteiger partial charge in [0.2, 0.25) is 0 Å². The first-order chi connectivity index (χ1) is 8.15. The highest BCUT2D eigenvalue weighted by molar-refractivity contribution is 5.81. The molecule has 17 heavy (non-hydrogen) atoms. The van der Waals surface area contributed by atoms with Gasteiger partial charge in [-0.15, -0.1) is 0 Å². The Morgan fingerprint density at radius 1 is 1.29 bits per heavy atom. The fourth-order valence-corrected chi connectivity index (χ4v) is 1.76. The van der Waals surface area contributed by atoms with Crippen molar-refractivity contribution in [3.8, 4) is 0 Å². The van der Waals surface area contributed by atoms with E-state index in [1.807, 2.05) is 25.1 Å². The van der Waals surface area contributed by atoms with Crippen molar-refractivity contribution < 1.29 is 14.6 Å².